The molecule has 2 aromatic heterocycles. The summed E-state index contributed by atoms with van der Waals surface area (Å²) in [5.74, 6) is 2.15. The number of imidazole rings is 1. The van der Waals surface area contributed by atoms with Crippen LogP contribution in [-0.2, 0) is 42.1 Å². The lowest BCUT2D eigenvalue weighted by molar-refractivity contribution is -0.0228. The number of methoxy groups -OCH3 is 3. The molecular formula is C21H30N5O15P3S. The maximum Gasteiger partial charge on any atom is 0.490 e. The van der Waals surface area contributed by atoms with Crippen LogP contribution in [0.15, 0.2) is 24.8 Å². The molecule has 1 fully saturated rings. The summed E-state index contributed by atoms with van der Waals surface area (Å²) in [4.78, 5) is 49.3. The minimum absolute atomic E-state index is 0.0186. The molecule has 24 heteroatoms. The molecular weight excluding hydrogens is 687 g/mol. The maximum absolute atomic E-state index is 12.4. The molecule has 4 rings (SSSR count). The number of fused-ring (bicyclic) bond motifs is 1. The lowest BCUT2D eigenvalue weighted by atomic mass is 10.1. The third-order valence-corrected chi connectivity index (χ3v) is 10.8. The summed E-state index contributed by atoms with van der Waals surface area (Å²) in [6, 6.07) is 2.79. The van der Waals surface area contributed by atoms with E-state index in [1.54, 1.807) is 16.7 Å². The first-order valence-electron chi connectivity index (χ1n) is 12.5. The Morgan fingerprint density at radius 1 is 1.00 bits per heavy atom. The van der Waals surface area contributed by atoms with Crippen LogP contribution >= 0.6 is 35.2 Å². The van der Waals surface area contributed by atoms with Crippen molar-refractivity contribution in [2.24, 2.45) is 0 Å². The lowest BCUT2D eigenvalue weighted by Crippen LogP contribution is -2.34. The SMILES string of the molecule is COc1cc(OC)c(CSCO[C@H]2[C@H](n3cnc4c(N)ncnc43)CO[C@@H]2COP(=O)(O)OP(=O)(O)OP(=O)(O)O)c(OC)c1. The van der Waals surface area contributed by atoms with Gasteiger partial charge in [-0.15, -0.1) is 11.8 Å². The van der Waals surface area contributed by atoms with Crippen molar-refractivity contribution in [3.05, 3.63) is 30.4 Å². The summed E-state index contributed by atoms with van der Waals surface area (Å²) >= 11 is 1.33. The number of phosphoric acid groups is 3. The number of benzene rings is 1. The first kappa shape index (κ1) is 35.5. The second-order valence-corrected chi connectivity index (χ2v) is 14.4. The predicted molar refractivity (Wildman–Crippen MR) is 155 cm³/mol. The average Bonchev–Trinajstić information content (AvgIpc) is 3.56. The van der Waals surface area contributed by atoms with Crippen LogP contribution in [0, 0.1) is 0 Å². The van der Waals surface area contributed by atoms with Crippen LogP contribution in [0.5, 0.6) is 17.2 Å². The Labute approximate surface area is 259 Å². The quantitative estimate of drug-likeness (QED) is 0.0805. The zero-order chi connectivity index (χ0) is 33.0. The van der Waals surface area contributed by atoms with Gasteiger partial charge in [0.05, 0.1) is 52.9 Å². The van der Waals surface area contributed by atoms with Gasteiger partial charge in [-0.1, -0.05) is 0 Å². The summed E-state index contributed by atoms with van der Waals surface area (Å²) in [6.45, 7) is -0.741. The molecule has 0 amide bonds. The van der Waals surface area contributed by atoms with E-state index in [4.69, 9.17) is 43.7 Å². The molecule has 3 heterocycles. The van der Waals surface area contributed by atoms with E-state index in [1.807, 2.05) is 0 Å². The minimum Gasteiger partial charge on any atom is -0.496 e. The number of nitrogens with zero attached hydrogens (tertiary/aromatic N) is 4. The van der Waals surface area contributed by atoms with Crippen LogP contribution in [0.4, 0.5) is 5.82 Å². The van der Waals surface area contributed by atoms with E-state index in [9.17, 15) is 23.5 Å². The number of hydrogen-bond donors (Lipinski definition) is 5. The van der Waals surface area contributed by atoms with E-state index in [0.717, 1.165) is 5.56 Å². The van der Waals surface area contributed by atoms with Gasteiger partial charge in [-0.05, 0) is 0 Å². The van der Waals surface area contributed by atoms with Crippen molar-refractivity contribution in [3.63, 3.8) is 0 Å². The Morgan fingerprint density at radius 2 is 1.69 bits per heavy atom. The number of nitrogen functional groups attached to an aromatic ring is 1. The monoisotopic (exact) mass is 717 g/mol. The van der Waals surface area contributed by atoms with E-state index >= 15 is 0 Å². The first-order chi connectivity index (χ1) is 21.2. The summed E-state index contributed by atoms with van der Waals surface area (Å²) in [5, 5.41) is 0. The fourth-order valence-electron chi connectivity index (χ4n) is 4.33. The molecule has 0 bridgehead atoms. The van der Waals surface area contributed by atoms with Crippen molar-refractivity contribution in [2.75, 3.05) is 46.2 Å². The number of phosphoric ester groups is 1. The van der Waals surface area contributed by atoms with Gasteiger partial charge in [0, 0.05) is 23.4 Å². The fourth-order valence-corrected chi connectivity index (χ4v) is 8.19. The van der Waals surface area contributed by atoms with E-state index in [-0.39, 0.29) is 18.4 Å². The summed E-state index contributed by atoms with van der Waals surface area (Å²) in [7, 11) is -12.2. The number of thioether (sulfide) groups is 1. The Balaban J connectivity index is 1.51. The molecule has 0 radical (unpaired) electrons. The number of rotatable bonds is 16. The molecule has 1 saturated heterocycles. The number of aromatic nitrogens is 4. The van der Waals surface area contributed by atoms with Gasteiger partial charge in [0.25, 0.3) is 0 Å². The lowest BCUT2D eigenvalue weighted by Gasteiger charge is -2.25. The Bertz CT molecular complexity index is 1620. The summed E-state index contributed by atoms with van der Waals surface area (Å²) < 4.78 is 77.2. The molecule has 6 N–H and O–H groups in total. The highest BCUT2D eigenvalue weighted by Crippen LogP contribution is 2.66. The molecule has 2 unspecified atom stereocenters. The zero-order valence-corrected chi connectivity index (χ0v) is 27.3. The van der Waals surface area contributed by atoms with Crippen LogP contribution in [0.3, 0.4) is 0 Å². The van der Waals surface area contributed by atoms with Crippen molar-refractivity contribution < 1.29 is 70.1 Å². The van der Waals surface area contributed by atoms with Crippen molar-refractivity contribution in [1.29, 1.82) is 0 Å². The Hall–Kier alpha value is -2.35. The van der Waals surface area contributed by atoms with Gasteiger partial charge >= 0.3 is 23.5 Å². The molecule has 250 valence electrons. The molecule has 1 aliphatic rings. The average molecular weight is 717 g/mol. The predicted octanol–water partition coefficient (Wildman–Crippen LogP) is 1.99. The smallest absolute Gasteiger partial charge is 0.490 e. The van der Waals surface area contributed by atoms with Gasteiger partial charge < -0.3 is 53.6 Å². The molecule has 0 aliphatic carbocycles. The first-order valence-corrected chi connectivity index (χ1v) is 18.2. The molecule has 5 atom stereocenters. The highest BCUT2D eigenvalue weighted by atomic mass is 32.2. The molecule has 0 spiro atoms. The molecule has 45 heavy (non-hydrogen) atoms. The molecule has 1 aliphatic heterocycles. The van der Waals surface area contributed by atoms with Gasteiger partial charge in [0.15, 0.2) is 11.5 Å². The highest BCUT2D eigenvalue weighted by molar-refractivity contribution is 7.98. The topological polar surface area (TPSA) is 276 Å². The van der Waals surface area contributed by atoms with Crippen LogP contribution in [-0.4, -0.2) is 91.8 Å². The summed E-state index contributed by atoms with van der Waals surface area (Å²) in [6.07, 6.45) is 0.741. The number of hydrogen-bond acceptors (Lipinski definition) is 16. The summed E-state index contributed by atoms with van der Waals surface area (Å²) in [5.41, 5.74) is 7.32. The van der Waals surface area contributed by atoms with Crippen molar-refractivity contribution in [1.82, 2.24) is 19.5 Å². The second-order valence-electron chi connectivity index (χ2n) is 9.02. The number of ether oxygens (including phenoxy) is 5. The minimum atomic E-state index is -5.71. The standard InChI is InChI=1S/C21H30N5O15P3S/c1-34-12-4-15(35-2)13(16(5-12)36-3)8-45-11-38-19-14(26-10-25-18-20(22)23-9-24-21(18)26)6-37-17(19)7-39-43(30,31)41-44(32,33)40-42(27,28)29/h4-5,9-10,14,17,19H,6-8,11H2,1-3H3,(H,30,31)(H,32,33)(H2,22,23,24)(H2,27,28,29)/t14-,17-,19+/m1/s1. The normalized spacial score (nSPS) is 21.4. The van der Waals surface area contributed by atoms with Crippen LogP contribution in [0.2, 0.25) is 0 Å². The van der Waals surface area contributed by atoms with Gasteiger partial charge in [-0.2, -0.15) is 8.62 Å². The van der Waals surface area contributed by atoms with E-state index in [1.165, 1.54) is 45.7 Å². The fraction of sp³-hybridized carbons (Fsp3) is 0.476. The van der Waals surface area contributed by atoms with E-state index in [2.05, 4.69) is 23.6 Å². The van der Waals surface area contributed by atoms with Gasteiger partial charge in [0.2, 0.25) is 0 Å². The van der Waals surface area contributed by atoms with Gasteiger partial charge in [0.1, 0.15) is 41.3 Å². The zero-order valence-electron chi connectivity index (χ0n) is 23.8. The van der Waals surface area contributed by atoms with Crippen molar-refractivity contribution in [3.8, 4) is 17.2 Å². The van der Waals surface area contributed by atoms with Crippen LogP contribution < -0.4 is 19.9 Å². The molecule has 3 aromatic rings. The van der Waals surface area contributed by atoms with Crippen LogP contribution in [0.25, 0.3) is 11.2 Å². The molecule has 0 saturated carbocycles. The van der Waals surface area contributed by atoms with Gasteiger partial charge in [-0.25, -0.2) is 28.6 Å². The largest absolute Gasteiger partial charge is 0.496 e. The number of anilines is 1. The van der Waals surface area contributed by atoms with Crippen molar-refractivity contribution >= 4 is 52.2 Å². The molecule has 20 nitrogen and oxygen atoms in total. The number of nitrogens with two attached hydrogens (primary N) is 1. The van der Waals surface area contributed by atoms with E-state index < -0.39 is 48.3 Å². The van der Waals surface area contributed by atoms with Gasteiger partial charge in [-0.3, -0.25) is 4.52 Å². The third-order valence-electron chi connectivity index (χ3n) is 6.20. The molecule has 1 aromatic carbocycles. The highest BCUT2D eigenvalue weighted by Gasteiger charge is 2.44. The maximum atomic E-state index is 12.4. The third kappa shape index (κ3) is 9.14. The van der Waals surface area contributed by atoms with Crippen LogP contribution in [0.1, 0.15) is 11.6 Å². The van der Waals surface area contributed by atoms with E-state index in [0.29, 0.717) is 34.2 Å². The Morgan fingerprint density at radius 3 is 2.31 bits per heavy atom. The van der Waals surface area contributed by atoms with Crippen molar-refractivity contribution in [2.45, 2.75) is 24.0 Å². The Kier molecular flexibility index (Phi) is 11.5. The second kappa shape index (κ2) is 14.6.